The highest BCUT2D eigenvalue weighted by Gasteiger charge is 2.13. The maximum absolute atomic E-state index is 12.2. The zero-order chi connectivity index (χ0) is 16.2. The van der Waals surface area contributed by atoms with Crippen LogP contribution in [-0.4, -0.2) is 16.0 Å². The molecular formula is C17H16N2O2S2. The van der Waals surface area contributed by atoms with Gasteiger partial charge in [-0.25, -0.2) is 4.98 Å². The summed E-state index contributed by atoms with van der Waals surface area (Å²) in [5, 5.41) is 17.5. The van der Waals surface area contributed by atoms with Crippen molar-refractivity contribution in [2.75, 3.05) is 5.32 Å². The average Bonchev–Trinajstić information content (AvgIpc) is 3.18. The molecule has 1 unspecified atom stereocenters. The van der Waals surface area contributed by atoms with Crippen molar-refractivity contribution >= 4 is 34.3 Å². The standard InChI is InChI=1S/C17H16N2O2S2/c1-11(20)13-5-2-3-6-14(13)19-16(21)9-12-10-23-17(18-12)15-7-4-8-22-15/h2-8,10-11,20H,9H2,1H3,(H,19,21). The molecule has 0 fully saturated rings. The molecule has 3 aromatic rings. The van der Waals surface area contributed by atoms with Crippen molar-refractivity contribution in [1.82, 2.24) is 4.98 Å². The Kier molecular flexibility index (Phi) is 4.85. The summed E-state index contributed by atoms with van der Waals surface area (Å²) in [6.07, 6.45) is -0.410. The van der Waals surface area contributed by atoms with Crippen molar-refractivity contribution in [2.24, 2.45) is 0 Å². The van der Waals surface area contributed by atoms with Crippen molar-refractivity contribution in [3.63, 3.8) is 0 Å². The first-order chi connectivity index (χ1) is 11.1. The molecule has 118 valence electrons. The lowest BCUT2D eigenvalue weighted by atomic mass is 10.1. The van der Waals surface area contributed by atoms with Crippen molar-refractivity contribution in [3.8, 4) is 9.88 Å². The number of nitrogens with zero attached hydrogens (tertiary/aromatic N) is 1. The molecule has 0 aliphatic rings. The van der Waals surface area contributed by atoms with Gasteiger partial charge in [0.25, 0.3) is 0 Å². The first kappa shape index (κ1) is 15.9. The Labute approximate surface area is 142 Å². The van der Waals surface area contributed by atoms with Crippen LogP contribution in [0.4, 0.5) is 5.69 Å². The highest BCUT2D eigenvalue weighted by molar-refractivity contribution is 7.20. The zero-order valence-corrected chi connectivity index (χ0v) is 14.2. The fraction of sp³-hybridized carbons (Fsp3) is 0.176. The summed E-state index contributed by atoms with van der Waals surface area (Å²) in [6, 6.07) is 11.3. The third-order valence-corrected chi connectivity index (χ3v) is 5.24. The number of thiazole rings is 1. The molecule has 1 atom stereocenters. The van der Waals surface area contributed by atoms with E-state index in [-0.39, 0.29) is 12.3 Å². The van der Waals surface area contributed by atoms with Gasteiger partial charge in [0.15, 0.2) is 0 Å². The van der Waals surface area contributed by atoms with Crippen molar-refractivity contribution < 1.29 is 9.90 Å². The van der Waals surface area contributed by atoms with E-state index in [1.54, 1.807) is 41.7 Å². The van der Waals surface area contributed by atoms with Gasteiger partial charge in [-0.05, 0) is 24.4 Å². The average molecular weight is 344 g/mol. The summed E-state index contributed by atoms with van der Waals surface area (Å²) >= 11 is 3.18. The second-order valence-corrected chi connectivity index (χ2v) is 6.92. The van der Waals surface area contributed by atoms with E-state index < -0.39 is 6.10 Å². The molecule has 4 nitrogen and oxygen atoms in total. The van der Waals surface area contributed by atoms with Gasteiger partial charge in [0.2, 0.25) is 5.91 Å². The Morgan fingerprint density at radius 1 is 1.26 bits per heavy atom. The number of hydrogen-bond donors (Lipinski definition) is 2. The van der Waals surface area contributed by atoms with Crippen LogP contribution in [0.15, 0.2) is 47.2 Å². The van der Waals surface area contributed by atoms with Gasteiger partial charge in [-0.15, -0.1) is 22.7 Å². The number of hydrogen-bond acceptors (Lipinski definition) is 5. The lowest BCUT2D eigenvalue weighted by Gasteiger charge is -2.12. The summed E-state index contributed by atoms with van der Waals surface area (Å²) in [6.45, 7) is 1.68. The molecule has 2 aromatic heterocycles. The molecule has 0 aliphatic heterocycles. The molecular weight excluding hydrogens is 328 g/mol. The van der Waals surface area contributed by atoms with Gasteiger partial charge in [0.05, 0.1) is 23.1 Å². The van der Waals surface area contributed by atoms with Crippen LogP contribution in [0.3, 0.4) is 0 Å². The van der Waals surface area contributed by atoms with Gasteiger partial charge in [0.1, 0.15) is 5.01 Å². The quantitative estimate of drug-likeness (QED) is 0.732. The lowest BCUT2D eigenvalue weighted by Crippen LogP contribution is -2.16. The number of aromatic nitrogens is 1. The molecule has 23 heavy (non-hydrogen) atoms. The molecule has 2 heterocycles. The molecule has 1 amide bonds. The molecule has 2 N–H and O–H groups in total. The third-order valence-electron chi connectivity index (χ3n) is 3.31. The predicted octanol–water partition coefficient (Wildman–Crippen LogP) is 4.11. The second-order valence-electron chi connectivity index (χ2n) is 5.11. The Morgan fingerprint density at radius 2 is 2.09 bits per heavy atom. The van der Waals surface area contributed by atoms with Crippen LogP contribution in [0.25, 0.3) is 9.88 Å². The Bertz CT molecular complexity index is 795. The van der Waals surface area contributed by atoms with Crippen LogP contribution in [0.1, 0.15) is 24.3 Å². The number of aliphatic hydroxyl groups is 1. The van der Waals surface area contributed by atoms with E-state index in [1.807, 2.05) is 35.0 Å². The number of anilines is 1. The monoisotopic (exact) mass is 344 g/mol. The Hall–Kier alpha value is -2.02. The normalized spacial score (nSPS) is 12.1. The minimum atomic E-state index is -0.629. The fourth-order valence-corrected chi connectivity index (χ4v) is 3.87. The van der Waals surface area contributed by atoms with Gasteiger partial charge in [0, 0.05) is 16.6 Å². The first-order valence-electron chi connectivity index (χ1n) is 7.18. The zero-order valence-electron chi connectivity index (χ0n) is 12.5. The van der Waals surface area contributed by atoms with Gasteiger partial charge < -0.3 is 10.4 Å². The van der Waals surface area contributed by atoms with E-state index in [0.717, 1.165) is 15.6 Å². The van der Waals surface area contributed by atoms with Crippen molar-refractivity contribution in [2.45, 2.75) is 19.4 Å². The van der Waals surface area contributed by atoms with Crippen molar-refractivity contribution in [3.05, 3.63) is 58.4 Å². The Balaban J connectivity index is 1.69. The highest BCUT2D eigenvalue weighted by atomic mass is 32.1. The summed E-state index contributed by atoms with van der Waals surface area (Å²) in [5.41, 5.74) is 2.10. The molecule has 0 spiro atoms. The number of carbonyl (C=O) groups excluding carboxylic acids is 1. The van der Waals surface area contributed by atoms with Crippen LogP contribution >= 0.6 is 22.7 Å². The van der Waals surface area contributed by atoms with E-state index in [9.17, 15) is 9.90 Å². The number of carbonyl (C=O) groups is 1. The van der Waals surface area contributed by atoms with E-state index in [1.165, 1.54) is 0 Å². The summed E-state index contributed by atoms with van der Waals surface area (Å²) < 4.78 is 0. The molecule has 6 heteroatoms. The maximum atomic E-state index is 12.2. The van der Waals surface area contributed by atoms with Crippen LogP contribution in [-0.2, 0) is 11.2 Å². The second kappa shape index (κ2) is 7.04. The third kappa shape index (κ3) is 3.85. The number of nitrogens with one attached hydrogen (secondary N) is 1. The number of thiophene rings is 1. The largest absolute Gasteiger partial charge is 0.389 e. The number of rotatable bonds is 5. The number of benzene rings is 1. The molecule has 1 aromatic carbocycles. The Morgan fingerprint density at radius 3 is 2.83 bits per heavy atom. The van der Waals surface area contributed by atoms with E-state index in [2.05, 4.69) is 10.3 Å². The molecule has 0 bridgehead atoms. The number of aliphatic hydroxyl groups excluding tert-OH is 1. The smallest absolute Gasteiger partial charge is 0.230 e. The highest BCUT2D eigenvalue weighted by Crippen LogP contribution is 2.28. The molecule has 3 rings (SSSR count). The first-order valence-corrected chi connectivity index (χ1v) is 8.94. The summed E-state index contributed by atoms with van der Waals surface area (Å²) in [7, 11) is 0. The van der Waals surface area contributed by atoms with E-state index in [0.29, 0.717) is 11.3 Å². The fourth-order valence-electron chi connectivity index (χ4n) is 2.24. The van der Waals surface area contributed by atoms with Gasteiger partial charge >= 0.3 is 0 Å². The minimum absolute atomic E-state index is 0.138. The maximum Gasteiger partial charge on any atom is 0.230 e. The van der Waals surface area contributed by atoms with Gasteiger partial charge in [-0.2, -0.15) is 0 Å². The topological polar surface area (TPSA) is 62.2 Å². The predicted molar refractivity (Wildman–Crippen MR) is 94.8 cm³/mol. The number of para-hydroxylation sites is 1. The van der Waals surface area contributed by atoms with Crippen LogP contribution in [0, 0.1) is 0 Å². The SMILES string of the molecule is CC(O)c1ccccc1NC(=O)Cc1csc(-c2cccs2)n1. The minimum Gasteiger partial charge on any atom is -0.389 e. The molecule has 0 saturated carbocycles. The van der Waals surface area contributed by atoms with Crippen molar-refractivity contribution in [1.29, 1.82) is 0 Å². The van der Waals surface area contributed by atoms with E-state index >= 15 is 0 Å². The molecule has 0 radical (unpaired) electrons. The van der Waals surface area contributed by atoms with Gasteiger partial charge in [-0.3, -0.25) is 4.79 Å². The number of amides is 1. The van der Waals surface area contributed by atoms with Crippen LogP contribution in [0.2, 0.25) is 0 Å². The van der Waals surface area contributed by atoms with Crippen LogP contribution in [0.5, 0.6) is 0 Å². The summed E-state index contributed by atoms with van der Waals surface area (Å²) in [5.74, 6) is -0.138. The summed E-state index contributed by atoms with van der Waals surface area (Å²) in [4.78, 5) is 17.8. The van der Waals surface area contributed by atoms with E-state index in [4.69, 9.17) is 0 Å². The molecule has 0 saturated heterocycles. The molecule has 0 aliphatic carbocycles. The lowest BCUT2D eigenvalue weighted by molar-refractivity contribution is -0.115. The van der Waals surface area contributed by atoms with Crippen LogP contribution < -0.4 is 5.32 Å². The van der Waals surface area contributed by atoms with Gasteiger partial charge in [-0.1, -0.05) is 24.3 Å².